The molecule has 0 aromatic heterocycles. The predicted molar refractivity (Wildman–Crippen MR) is 170 cm³/mol. The Labute approximate surface area is 268 Å². The number of unbranched alkanes of at least 4 members (excludes halogenated alkanes) is 2. The minimum atomic E-state index is -1.37. The maximum atomic E-state index is 13.3. The number of esters is 1. The van der Waals surface area contributed by atoms with Crippen molar-refractivity contribution in [1.82, 2.24) is 20.4 Å². The first kappa shape index (κ1) is 31.4. The Kier molecular flexibility index (Phi) is 9.14. The Hall–Kier alpha value is -4.61. The third kappa shape index (κ3) is 6.25. The van der Waals surface area contributed by atoms with Crippen molar-refractivity contribution in [3.63, 3.8) is 0 Å². The summed E-state index contributed by atoms with van der Waals surface area (Å²) in [6.07, 6.45) is 2.73. The number of piperazine rings is 1. The molecule has 0 atom stereocenters. The molecular weight excluding hydrogens is 588 g/mol. The summed E-state index contributed by atoms with van der Waals surface area (Å²) in [6, 6.07) is 14.0. The Morgan fingerprint density at radius 1 is 0.804 bits per heavy atom. The van der Waals surface area contributed by atoms with Gasteiger partial charge in [0.2, 0.25) is 5.91 Å². The van der Waals surface area contributed by atoms with Gasteiger partial charge in [-0.2, -0.15) is 0 Å². The van der Waals surface area contributed by atoms with E-state index < -0.39 is 11.6 Å². The first-order chi connectivity index (χ1) is 22.3. The molecule has 242 valence electrons. The molecule has 0 aliphatic carbocycles. The molecule has 3 aromatic rings. The molecule has 0 bridgehead atoms. The summed E-state index contributed by atoms with van der Waals surface area (Å²) < 4.78 is 12.1. The highest BCUT2D eigenvalue weighted by Crippen LogP contribution is 2.57. The third-order valence-corrected chi connectivity index (χ3v) is 9.06. The van der Waals surface area contributed by atoms with Crippen LogP contribution in [-0.4, -0.2) is 90.2 Å². The van der Waals surface area contributed by atoms with Crippen LogP contribution in [0, 0.1) is 0 Å². The monoisotopic (exact) mass is 628 g/mol. The fraction of sp³-hybridized carbons (Fsp3) is 0.400. The molecule has 6 rings (SSSR count). The number of nitrogens with zero attached hydrogens (tertiary/aromatic N) is 2. The number of nitrogens with one attached hydrogen (secondary N) is 2. The second-order valence-corrected chi connectivity index (χ2v) is 12.0. The Morgan fingerprint density at radius 2 is 1.46 bits per heavy atom. The van der Waals surface area contributed by atoms with E-state index in [1.165, 1.54) is 30.3 Å². The number of aromatic hydroxyl groups is 2. The largest absolute Gasteiger partial charge is 0.508 e. The van der Waals surface area contributed by atoms with Crippen LogP contribution in [0.15, 0.2) is 54.6 Å². The van der Waals surface area contributed by atoms with E-state index in [0.717, 1.165) is 58.5 Å². The number of phenolic OH excluding ortho intramolecular Hbond substituents is 2. The fourth-order valence-corrected chi connectivity index (χ4v) is 6.51. The molecule has 3 aliphatic rings. The summed E-state index contributed by atoms with van der Waals surface area (Å²) in [5.74, 6) is -0.312. The summed E-state index contributed by atoms with van der Waals surface area (Å²) in [6.45, 7) is 9.51. The first-order valence-electron chi connectivity index (χ1n) is 16.0. The fourth-order valence-electron chi connectivity index (χ4n) is 6.51. The van der Waals surface area contributed by atoms with Gasteiger partial charge in [0.05, 0.1) is 5.56 Å². The molecule has 3 heterocycles. The number of carbonyl (C=O) groups is 3. The Morgan fingerprint density at radius 3 is 2.13 bits per heavy atom. The molecule has 11 heteroatoms. The molecule has 3 aliphatic heterocycles. The van der Waals surface area contributed by atoms with Gasteiger partial charge in [-0.25, -0.2) is 4.79 Å². The van der Waals surface area contributed by atoms with Crippen molar-refractivity contribution in [2.45, 2.75) is 38.2 Å². The second-order valence-electron chi connectivity index (χ2n) is 12.0. The van der Waals surface area contributed by atoms with Crippen LogP contribution in [0.25, 0.3) is 0 Å². The van der Waals surface area contributed by atoms with E-state index >= 15 is 0 Å². The summed E-state index contributed by atoms with van der Waals surface area (Å²) in [5.41, 5.74) is 0.781. The van der Waals surface area contributed by atoms with Gasteiger partial charge in [0.25, 0.3) is 5.91 Å². The highest BCUT2D eigenvalue weighted by atomic mass is 16.6. The Balaban J connectivity index is 1.01. The smallest absolute Gasteiger partial charge is 0.340 e. The minimum Gasteiger partial charge on any atom is -0.508 e. The van der Waals surface area contributed by atoms with Gasteiger partial charge >= 0.3 is 5.97 Å². The van der Waals surface area contributed by atoms with Gasteiger partial charge < -0.3 is 35.2 Å². The lowest BCUT2D eigenvalue weighted by atomic mass is 9.77. The first-order valence-corrected chi connectivity index (χ1v) is 16.0. The number of carbonyl (C=O) groups excluding carboxylic acids is 3. The standard InChI is InChI=1S/C35H40N4O7/c1-2-38-16-18-39(19-17-38)15-14-36-32(42)6-4-3-5-13-37-33(43)23-7-10-27-26(20-23)34(44)46-35(27)28-11-8-24(40)21-30(28)45-31-22-25(41)9-12-29(31)35/h7-12,20-22,40-41H,2-6,13-19H2,1H3,(H,36,42)(H,37,43). The van der Waals surface area contributed by atoms with Gasteiger partial charge in [0.15, 0.2) is 5.60 Å². The van der Waals surface area contributed by atoms with Gasteiger partial charge in [-0.15, -0.1) is 0 Å². The number of hydrogen-bond donors (Lipinski definition) is 4. The van der Waals surface area contributed by atoms with Crippen LogP contribution in [0.2, 0.25) is 0 Å². The summed E-state index contributed by atoms with van der Waals surface area (Å²) in [4.78, 5) is 43.4. The zero-order valence-electron chi connectivity index (χ0n) is 26.0. The van der Waals surface area contributed by atoms with Crippen LogP contribution < -0.4 is 15.4 Å². The van der Waals surface area contributed by atoms with E-state index in [-0.39, 0.29) is 28.9 Å². The van der Waals surface area contributed by atoms with Crippen LogP contribution >= 0.6 is 0 Å². The van der Waals surface area contributed by atoms with Crippen LogP contribution in [0.5, 0.6) is 23.0 Å². The highest BCUT2D eigenvalue weighted by Gasteiger charge is 2.53. The summed E-state index contributed by atoms with van der Waals surface area (Å²) >= 11 is 0. The lowest BCUT2D eigenvalue weighted by molar-refractivity contribution is -0.121. The average molecular weight is 629 g/mol. The number of amides is 2. The number of phenols is 2. The summed E-state index contributed by atoms with van der Waals surface area (Å²) in [5, 5.41) is 26.1. The van der Waals surface area contributed by atoms with Crippen LogP contribution in [0.3, 0.4) is 0 Å². The van der Waals surface area contributed by atoms with E-state index in [2.05, 4.69) is 27.4 Å². The second kappa shape index (κ2) is 13.4. The van der Waals surface area contributed by atoms with E-state index in [9.17, 15) is 24.6 Å². The van der Waals surface area contributed by atoms with E-state index in [0.29, 0.717) is 53.3 Å². The molecule has 0 unspecified atom stereocenters. The van der Waals surface area contributed by atoms with Crippen LogP contribution in [0.1, 0.15) is 70.0 Å². The molecule has 0 saturated carbocycles. The number of rotatable bonds is 11. The van der Waals surface area contributed by atoms with Gasteiger partial charge in [0, 0.05) is 86.6 Å². The van der Waals surface area contributed by atoms with E-state index in [4.69, 9.17) is 9.47 Å². The molecule has 1 fully saturated rings. The molecule has 0 radical (unpaired) electrons. The highest BCUT2D eigenvalue weighted by molar-refractivity contribution is 6.01. The van der Waals surface area contributed by atoms with E-state index in [1.807, 2.05) is 0 Å². The number of likely N-dealkylation sites (N-methyl/N-ethyl adjacent to an activating group) is 1. The molecular formula is C35H40N4O7. The third-order valence-electron chi connectivity index (χ3n) is 9.06. The molecule has 2 amide bonds. The zero-order valence-corrected chi connectivity index (χ0v) is 26.0. The van der Waals surface area contributed by atoms with Crippen molar-refractivity contribution < 1.29 is 34.1 Å². The SMILES string of the molecule is CCN1CCN(CCNC(=O)CCCCCNC(=O)c2ccc3c(c2)C(=O)OC32c3ccc(O)cc3Oc3cc(O)ccc32)CC1. The number of hydrogen-bond acceptors (Lipinski definition) is 9. The van der Waals surface area contributed by atoms with Crippen molar-refractivity contribution in [2.24, 2.45) is 0 Å². The van der Waals surface area contributed by atoms with Crippen LogP contribution in [-0.2, 0) is 15.1 Å². The Bertz CT molecular complexity index is 1580. The average Bonchev–Trinajstić information content (AvgIpc) is 3.34. The van der Waals surface area contributed by atoms with Crippen molar-refractivity contribution in [3.8, 4) is 23.0 Å². The zero-order chi connectivity index (χ0) is 32.3. The topological polar surface area (TPSA) is 141 Å². The molecule has 3 aromatic carbocycles. The molecule has 46 heavy (non-hydrogen) atoms. The molecule has 4 N–H and O–H groups in total. The van der Waals surface area contributed by atoms with Gasteiger partial charge in [-0.05, 0) is 55.8 Å². The van der Waals surface area contributed by atoms with E-state index in [1.54, 1.807) is 24.3 Å². The number of ether oxygens (including phenoxy) is 2. The number of benzene rings is 3. The maximum absolute atomic E-state index is 13.3. The van der Waals surface area contributed by atoms with Crippen molar-refractivity contribution in [2.75, 3.05) is 52.4 Å². The van der Waals surface area contributed by atoms with Gasteiger partial charge in [0.1, 0.15) is 23.0 Å². The molecule has 11 nitrogen and oxygen atoms in total. The summed E-state index contributed by atoms with van der Waals surface area (Å²) in [7, 11) is 0. The lowest BCUT2D eigenvalue weighted by Gasteiger charge is -2.36. The van der Waals surface area contributed by atoms with Crippen molar-refractivity contribution >= 4 is 17.8 Å². The molecule has 1 spiro atoms. The minimum absolute atomic E-state index is 0.0237. The van der Waals surface area contributed by atoms with Gasteiger partial charge in [-0.1, -0.05) is 19.4 Å². The number of fused-ring (bicyclic) bond motifs is 6. The lowest BCUT2D eigenvalue weighted by Crippen LogP contribution is -2.48. The maximum Gasteiger partial charge on any atom is 0.340 e. The molecule has 1 saturated heterocycles. The van der Waals surface area contributed by atoms with Crippen molar-refractivity contribution in [3.05, 3.63) is 82.4 Å². The van der Waals surface area contributed by atoms with Gasteiger partial charge in [-0.3, -0.25) is 14.5 Å². The predicted octanol–water partition coefficient (Wildman–Crippen LogP) is 3.71. The van der Waals surface area contributed by atoms with Crippen LogP contribution in [0.4, 0.5) is 0 Å². The quantitative estimate of drug-likeness (QED) is 0.185. The normalized spacial score (nSPS) is 16.6. The van der Waals surface area contributed by atoms with Crippen molar-refractivity contribution in [1.29, 1.82) is 0 Å².